The van der Waals surface area contributed by atoms with Crippen LogP contribution in [0.1, 0.15) is 26.2 Å². The Bertz CT molecular complexity index is 1390. The third kappa shape index (κ3) is 5.19. The summed E-state index contributed by atoms with van der Waals surface area (Å²) in [5.74, 6) is 0.727. The van der Waals surface area contributed by atoms with Gasteiger partial charge in [-0.1, -0.05) is 11.6 Å². The smallest absolute Gasteiger partial charge is 0.212 e. The Kier molecular flexibility index (Phi) is 6.90. The van der Waals surface area contributed by atoms with Gasteiger partial charge in [-0.05, 0) is 99.1 Å². The van der Waals surface area contributed by atoms with E-state index in [9.17, 15) is 18.6 Å². The molecule has 0 aliphatic carbocycles. The van der Waals surface area contributed by atoms with Crippen molar-refractivity contribution < 1.29 is 27.9 Å². The van der Waals surface area contributed by atoms with Crippen molar-refractivity contribution in [1.29, 1.82) is 0 Å². The van der Waals surface area contributed by atoms with Gasteiger partial charge in [0.2, 0.25) is 9.84 Å². The number of ether oxygens (including phenoxy) is 1. The second-order valence-electron chi connectivity index (χ2n) is 9.14. The van der Waals surface area contributed by atoms with Gasteiger partial charge in [0.05, 0.1) is 4.90 Å². The van der Waals surface area contributed by atoms with E-state index < -0.39 is 9.84 Å². The summed E-state index contributed by atoms with van der Waals surface area (Å²) in [6.07, 6.45) is 3.31. The molecule has 0 radical (unpaired) electrons. The number of piperidine rings is 1. The predicted octanol–water partition coefficient (Wildman–Crippen LogP) is 5.16. The lowest BCUT2D eigenvalue weighted by molar-refractivity contribution is 0.152. The molecule has 192 valence electrons. The van der Waals surface area contributed by atoms with Crippen molar-refractivity contribution in [1.82, 2.24) is 10.5 Å². The average Bonchev–Trinajstić information content (AvgIpc) is 3.36. The standard InChI is InChI=1S/C28H28N2O6S/c1-18(25-4-2-3-17-29-25)35-23-13-15-24(16-14-23)37(33,34)28-26(19-5-9-21(31)10-6-19)30-36-27(28)20-7-11-22(32)12-8-20/h5-16,18,25,29,31-32H,2-4,17H2,1H3. The second kappa shape index (κ2) is 10.3. The maximum atomic E-state index is 13.9. The number of aromatic nitrogens is 1. The van der Waals surface area contributed by atoms with E-state index in [1.54, 1.807) is 36.4 Å². The molecule has 8 nitrogen and oxygen atoms in total. The second-order valence-corrected chi connectivity index (χ2v) is 11.0. The summed E-state index contributed by atoms with van der Waals surface area (Å²) in [5.41, 5.74) is 1.04. The van der Waals surface area contributed by atoms with E-state index >= 15 is 0 Å². The monoisotopic (exact) mass is 520 g/mol. The number of sulfone groups is 1. The Hall–Kier alpha value is -3.82. The van der Waals surface area contributed by atoms with Crippen molar-refractivity contribution in [3.63, 3.8) is 0 Å². The number of hydrogen-bond donors (Lipinski definition) is 3. The van der Waals surface area contributed by atoms with Crippen molar-refractivity contribution in [3.05, 3.63) is 72.8 Å². The van der Waals surface area contributed by atoms with Crippen molar-refractivity contribution in [2.45, 2.75) is 48.1 Å². The van der Waals surface area contributed by atoms with E-state index in [1.807, 2.05) is 6.92 Å². The summed E-state index contributed by atoms with van der Waals surface area (Å²) in [6, 6.07) is 18.7. The van der Waals surface area contributed by atoms with E-state index in [2.05, 4.69) is 10.5 Å². The molecule has 4 aromatic rings. The van der Waals surface area contributed by atoms with Gasteiger partial charge < -0.3 is 24.8 Å². The highest BCUT2D eigenvalue weighted by atomic mass is 32.2. The number of rotatable bonds is 7. The summed E-state index contributed by atoms with van der Waals surface area (Å²) in [5, 5.41) is 26.9. The highest BCUT2D eigenvalue weighted by molar-refractivity contribution is 7.91. The van der Waals surface area contributed by atoms with E-state index in [4.69, 9.17) is 9.26 Å². The molecule has 3 N–H and O–H groups in total. The van der Waals surface area contributed by atoms with Crippen LogP contribution < -0.4 is 10.1 Å². The van der Waals surface area contributed by atoms with Crippen LogP contribution in [0, 0.1) is 0 Å². The molecule has 1 fully saturated rings. The van der Waals surface area contributed by atoms with Gasteiger partial charge in [0.15, 0.2) is 5.76 Å². The zero-order chi connectivity index (χ0) is 26.0. The van der Waals surface area contributed by atoms with Crippen molar-refractivity contribution in [2.75, 3.05) is 6.54 Å². The molecule has 3 aromatic carbocycles. The highest BCUT2D eigenvalue weighted by Crippen LogP contribution is 2.40. The van der Waals surface area contributed by atoms with Gasteiger partial charge in [-0.2, -0.15) is 0 Å². The molecule has 0 amide bonds. The quantitative estimate of drug-likeness (QED) is 0.305. The Morgan fingerprint density at radius 3 is 2.14 bits per heavy atom. The van der Waals surface area contributed by atoms with Crippen LogP contribution >= 0.6 is 0 Å². The molecule has 1 saturated heterocycles. The molecular formula is C28H28N2O6S. The molecule has 5 rings (SSSR count). The van der Waals surface area contributed by atoms with Gasteiger partial charge in [-0.3, -0.25) is 0 Å². The first-order valence-corrected chi connectivity index (χ1v) is 13.6. The molecule has 37 heavy (non-hydrogen) atoms. The number of nitrogens with one attached hydrogen (secondary N) is 1. The van der Waals surface area contributed by atoms with Gasteiger partial charge in [-0.15, -0.1) is 0 Å². The fraction of sp³-hybridized carbons (Fsp3) is 0.250. The fourth-order valence-corrected chi connectivity index (χ4v) is 6.06. The van der Waals surface area contributed by atoms with Crippen molar-refractivity contribution in [3.8, 4) is 39.8 Å². The number of aromatic hydroxyl groups is 2. The zero-order valence-electron chi connectivity index (χ0n) is 20.3. The van der Waals surface area contributed by atoms with Crippen LogP contribution in [0.4, 0.5) is 0 Å². The maximum absolute atomic E-state index is 13.9. The van der Waals surface area contributed by atoms with Gasteiger partial charge in [0.1, 0.15) is 33.9 Å². The Morgan fingerprint density at radius 2 is 1.54 bits per heavy atom. The Balaban J connectivity index is 1.51. The molecule has 1 aliphatic rings. The molecule has 1 aliphatic heterocycles. The lowest BCUT2D eigenvalue weighted by Gasteiger charge is -2.29. The van der Waals surface area contributed by atoms with Gasteiger partial charge >= 0.3 is 0 Å². The highest BCUT2D eigenvalue weighted by Gasteiger charge is 2.32. The lowest BCUT2D eigenvalue weighted by Crippen LogP contribution is -2.44. The van der Waals surface area contributed by atoms with Gasteiger partial charge in [0.25, 0.3) is 0 Å². The van der Waals surface area contributed by atoms with Gasteiger partial charge in [0, 0.05) is 17.2 Å². The number of nitrogens with zero attached hydrogens (tertiary/aromatic N) is 1. The van der Waals surface area contributed by atoms with Crippen LogP contribution in [0.5, 0.6) is 17.2 Å². The summed E-state index contributed by atoms with van der Waals surface area (Å²) in [4.78, 5) is -0.0381. The lowest BCUT2D eigenvalue weighted by atomic mass is 10.0. The van der Waals surface area contributed by atoms with Crippen LogP contribution in [-0.2, 0) is 9.84 Å². The molecule has 0 bridgehead atoms. The third-order valence-electron chi connectivity index (χ3n) is 6.56. The molecule has 0 saturated carbocycles. The summed E-state index contributed by atoms with van der Waals surface area (Å²) < 4.78 is 39.5. The fourth-order valence-electron chi connectivity index (χ4n) is 4.52. The number of hydrogen-bond acceptors (Lipinski definition) is 8. The average molecular weight is 521 g/mol. The minimum Gasteiger partial charge on any atom is -0.508 e. The number of phenols is 2. The first kappa shape index (κ1) is 24.9. The zero-order valence-corrected chi connectivity index (χ0v) is 21.1. The molecule has 2 unspecified atom stereocenters. The predicted molar refractivity (Wildman–Crippen MR) is 138 cm³/mol. The van der Waals surface area contributed by atoms with Crippen LogP contribution in [0.3, 0.4) is 0 Å². The van der Waals surface area contributed by atoms with E-state index in [-0.39, 0.29) is 44.9 Å². The van der Waals surface area contributed by atoms with E-state index in [0.29, 0.717) is 16.9 Å². The van der Waals surface area contributed by atoms with Crippen LogP contribution in [0.25, 0.3) is 22.6 Å². The SMILES string of the molecule is CC(Oc1ccc(S(=O)(=O)c2c(-c3ccc(O)cc3)noc2-c2ccc(O)cc2)cc1)C1CCCCN1. The largest absolute Gasteiger partial charge is 0.508 e. The first-order chi connectivity index (χ1) is 17.8. The molecule has 0 spiro atoms. The normalized spacial score (nSPS) is 16.8. The minimum absolute atomic E-state index is 0.0414. The van der Waals surface area contributed by atoms with Crippen LogP contribution in [0.2, 0.25) is 0 Å². The Morgan fingerprint density at radius 1 is 0.919 bits per heavy atom. The molecular weight excluding hydrogens is 492 g/mol. The molecule has 2 atom stereocenters. The maximum Gasteiger partial charge on any atom is 0.212 e. The summed E-state index contributed by atoms with van der Waals surface area (Å²) >= 11 is 0. The molecule has 1 aromatic heterocycles. The topological polar surface area (TPSA) is 122 Å². The van der Waals surface area contributed by atoms with Crippen molar-refractivity contribution >= 4 is 9.84 Å². The van der Waals surface area contributed by atoms with Crippen LogP contribution in [0.15, 0.2) is 87.1 Å². The first-order valence-electron chi connectivity index (χ1n) is 12.2. The Labute approximate surface area is 215 Å². The van der Waals surface area contributed by atoms with Crippen molar-refractivity contribution in [2.24, 2.45) is 0 Å². The van der Waals surface area contributed by atoms with Gasteiger partial charge in [-0.25, -0.2) is 8.42 Å². The third-order valence-corrected chi connectivity index (χ3v) is 8.37. The van der Waals surface area contributed by atoms with E-state index in [1.165, 1.54) is 36.4 Å². The minimum atomic E-state index is -4.09. The molecule has 9 heteroatoms. The summed E-state index contributed by atoms with van der Waals surface area (Å²) in [7, 11) is -4.09. The number of benzene rings is 3. The van der Waals surface area contributed by atoms with E-state index in [0.717, 1.165) is 25.8 Å². The summed E-state index contributed by atoms with van der Waals surface area (Å²) in [6.45, 7) is 2.99. The molecule has 2 heterocycles. The van der Waals surface area contributed by atoms with Crippen LogP contribution in [-0.4, -0.2) is 42.5 Å². The number of phenolic OH excluding ortho intramolecular Hbond substituents is 2.